The lowest BCUT2D eigenvalue weighted by molar-refractivity contribution is -0.118. The van der Waals surface area contributed by atoms with E-state index in [0.29, 0.717) is 6.42 Å². The highest BCUT2D eigenvalue weighted by Gasteiger charge is 2.27. The number of hydrogen-bond acceptors (Lipinski definition) is 4. The fourth-order valence-corrected chi connectivity index (χ4v) is 3.46. The standard InChI is InChI=1S/C17H18N2OS.H3O4P/c1-18(2)12-11-17(20)19-13-7-3-5-9-15(13)21-16-10-6-4-8-14(16)19;1-5(2,3)4/h3-10H,11-12H2,1-2H3;(H3,1,2,3,4). The van der Waals surface area contributed by atoms with Gasteiger partial charge in [0.05, 0.1) is 11.4 Å². The highest BCUT2D eigenvalue weighted by Crippen LogP contribution is 2.47. The Hall–Kier alpha value is -1.67. The molecule has 0 saturated heterocycles. The van der Waals surface area contributed by atoms with E-state index in [9.17, 15) is 4.79 Å². The van der Waals surface area contributed by atoms with Gasteiger partial charge in [-0.3, -0.25) is 9.69 Å². The minimum atomic E-state index is -4.64. The lowest BCUT2D eigenvalue weighted by atomic mass is 10.2. The summed E-state index contributed by atoms with van der Waals surface area (Å²) in [6.07, 6.45) is 0.514. The van der Waals surface area contributed by atoms with Crippen molar-refractivity contribution in [1.82, 2.24) is 4.90 Å². The summed E-state index contributed by atoms with van der Waals surface area (Å²) in [7, 11) is -0.664. The number of phosphoric acid groups is 1. The molecule has 7 nitrogen and oxygen atoms in total. The second-order valence-corrected chi connectivity index (χ2v) is 7.94. The fraction of sp³-hybridized carbons (Fsp3) is 0.235. The largest absolute Gasteiger partial charge is 0.466 e. The molecule has 0 fully saturated rings. The minimum absolute atomic E-state index is 0.143. The Bertz CT molecular complexity index is 771. The van der Waals surface area contributed by atoms with Crippen LogP contribution in [0.3, 0.4) is 0 Å². The smallest absolute Gasteiger partial charge is 0.309 e. The Labute approximate surface area is 156 Å². The lowest BCUT2D eigenvalue weighted by Crippen LogP contribution is -2.31. The van der Waals surface area contributed by atoms with Crippen LogP contribution in [0, 0.1) is 0 Å². The van der Waals surface area contributed by atoms with Gasteiger partial charge in [0, 0.05) is 22.8 Å². The van der Waals surface area contributed by atoms with E-state index < -0.39 is 7.82 Å². The van der Waals surface area contributed by atoms with Gasteiger partial charge in [0.1, 0.15) is 0 Å². The molecule has 0 aliphatic carbocycles. The fourth-order valence-electron chi connectivity index (χ4n) is 2.40. The molecule has 9 heteroatoms. The third-order valence-corrected chi connectivity index (χ3v) is 4.58. The summed E-state index contributed by atoms with van der Waals surface area (Å²) in [5.41, 5.74) is 1.98. The highest BCUT2D eigenvalue weighted by molar-refractivity contribution is 7.99. The number of amides is 1. The summed E-state index contributed by atoms with van der Waals surface area (Å²) >= 11 is 1.72. The number of anilines is 2. The zero-order valence-corrected chi connectivity index (χ0v) is 16.2. The molecule has 2 aromatic rings. The van der Waals surface area contributed by atoms with Gasteiger partial charge in [0.25, 0.3) is 0 Å². The zero-order valence-electron chi connectivity index (χ0n) is 14.4. The van der Waals surface area contributed by atoms with E-state index in [0.717, 1.165) is 27.7 Å². The third-order valence-electron chi connectivity index (χ3n) is 3.45. The van der Waals surface area contributed by atoms with Crippen LogP contribution < -0.4 is 4.90 Å². The second kappa shape index (κ2) is 8.81. The zero-order chi connectivity index (χ0) is 19.3. The number of rotatable bonds is 3. The molecule has 1 heterocycles. The first-order valence-corrected chi connectivity index (χ1v) is 10.2. The molecular weight excluding hydrogens is 375 g/mol. The Morgan fingerprint density at radius 2 is 1.42 bits per heavy atom. The summed E-state index contributed by atoms with van der Waals surface area (Å²) in [6.45, 7) is 0.757. The molecule has 26 heavy (non-hydrogen) atoms. The molecule has 1 aliphatic rings. The summed E-state index contributed by atoms with van der Waals surface area (Å²) < 4.78 is 8.88. The van der Waals surface area contributed by atoms with E-state index >= 15 is 0 Å². The molecule has 3 N–H and O–H groups in total. The summed E-state index contributed by atoms with van der Waals surface area (Å²) in [6, 6.07) is 16.2. The molecule has 0 bridgehead atoms. The van der Waals surface area contributed by atoms with Crippen molar-refractivity contribution in [2.75, 3.05) is 25.5 Å². The first-order valence-electron chi connectivity index (χ1n) is 7.78. The van der Waals surface area contributed by atoms with Gasteiger partial charge in [0.15, 0.2) is 0 Å². The average Bonchev–Trinajstić information content (AvgIpc) is 2.56. The quantitative estimate of drug-likeness (QED) is 0.686. The molecule has 0 atom stereocenters. The van der Waals surface area contributed by atoms with Crippen LogP contribution in [-0.4, -0.2) is 46.1 Å². The van der Waals surface area contributed by atoms with Crippen molar-refractivity contribution in [1.29, 1.82) is 0 Å². The molecule has 3 rings (SSSR count). The van der Waals surface area contributed by atoms with Crippen LogP contribution in [0.15, 0.2) is 58.3 Å². The third kappa shape index (κ3) is 5.95. The molecule has 1 aliphatic heterocycles. The van der Waals surface area contributed by atoms with Gasteiger partial charge in [0.2, 0.25) is 5.91 Å². The van der Waals surface area contributed by atoms with Gasteiger partial charge >= 0.3 is 7.82 Å². The number of nitrogens with zero attached hydrogens (tertiary/aromatic N) is 2. The van der Waals surface area contributed by atoms with Crippen LogP contribution in [0.5, 0.6) is 0 Å². The lowest BCUT2D eigenvalue weighted by Gasteiger charge is -2.31. The van der Waals surface area contributed by atoms with Gasteiger partial charge in [-0.15, -0.1) is 0 Å². The topological polar surface area (TPSA) is 101 Å². The Kier molecular flexibility index (Phi) is 7.00. The van der Waals surface area contributed by atoms with E-state index in [1.807, 2.05) is 60.3 Å². The summed E-state index contributed by atoms with van der Waals surface area (Å²) in [5, 5.41) is 0. The number of fused-ring (bicyclic) bond motifs is 2. The summed E-state index contributed by atoms with van der Waals surface area (Å²) in [5.74, 6) is 0.143. The van der Waals surface area contributed by atoms with Crippen LogP contribution in [0.2, 0.25) is 0 Å². The van der Waals surface area contributed by atoms with Gasteiger partial charge in [-0.25, -0.2) is 4.57 Å². The number of benzene rings is 2. The van der Waals surface area contributed by atoms with Crippen LogP contribution in [-0.2, 0) is 9.36 Å². The van der Waals surface area contributed by atoms with Crippen LogP contribution >= 0.6 is 19.6 Å². The Morgan fingerprint density at radius 1 is 1.00 bits per heavy atom. The summed E-state index contributed by atoms with van der Waals surface area (Å²) in [4.78, 5) is 40.4. The average molecular weight is 396 g/mol. The number of carbonyl (C=O) groups excluding carboxylic acids is 1. The van der Waals surface area contributed by atoms with Crippen molar-refractivity contribution in [2.24, 2.45) is 0 Å². The Morgan fingerprint density at radius 3 is 1.85 bits per heavy atom. The second-order valence-electron chi connectivity index (χ2n) is 5.83. The Balaban J connectivity index is 0.000000431. The SMILES string of the molecule is CN(C)CCC(=O)N1c2ccccc2Sc2ccccc21.O=P(O)(O)O. The van der Waals surface area contributed by atoms with Crippen molar-refractivity contribution < 1.29 is 24.0 Å². The van der Waals surface area contributed by atoms with Gasteiger partial charge < -0.3 is 19.6 Å². The van der Waals surface area contributed by atoms with Gasteiger partial charge in [-0.1, -0.05) is 36.0 Å². The van der Waals surface area contributed by atoms with Gasteiger partial charge in [-0.05, 0) is 38.4 Å². The maximum Gasteiger partial charge on any atom is 0.466 e. The first-order chi connectivity index (χ1) is 12.2. The van der Waals surface area contributed by atoms with Crippen LogP contribution in [0.4, 0.5) is 11.4 Å². The highest BCUT2D eigenvalue weighted by atomic mass is 32.2. The van der Waals surface area contributed by atoms with Crippen LogP contribution in [0.1, 0.15) is 6.42 Å². The van der Waals surface area contributed by atoms with E-state index in [-0.39, 0.29) is 5.91 Å². The van der Waals surface area contributed by atoms with E-state index in [2.05, 4.69) is 12.1 Å². The van der Waals surface area contributed by atoms with E-state index in [4.69, 9.17) is 19.2 Å². The maximum atomic E-state index is 12.7. The maximum absolute atomic E-state index is 12.7. The predicted molar refractivity (Wildman–Crippen MR) is 102 cm³/mol. The van der Waals surface area contributed by atoms with Crippen molar-refractivity contribution in [3.05, 3.63) is 48.5 Å². The molecule has 0 unspecified atom stereocenters. The van der Waals surface area contributed by atoms with Crippen molar-refractivity contribution in [2.45, 2.75) is 16.2 Å². The molecule has 1 amide bonds. The molecule has 2 aromatic carbocycles. The van der Waals surface area contributed by atoms with Crippen molar-refractivity contribution in [3.8, 4) is 0 Å². The monoisotopic (exact) mass is 396 g/mol. The molecule has 0 spiro atoms. The molecular formula is C17H21N2O5PS. The minimum Gasteiger partial charge on any atom is -0.309 e. The van der Waals surface area contributed by atoms with E-state index in [1.54, 1.807) is 11.8 Å². The molecule has 0 radical (unpaired) electrons. The predicted octanol–water partition coefficient (Wildman–Crippen LogP) is 2.84. The normalized spacial score (nSPS) is 12.8. The molecule has 0 saturated carbocycles. The molecule has 140 valence electrons. The molecule has 0 aromatic heterocycles. The first kappa shape index (κ1) is 20.6. The van der Waals surface area contributed by atoms with Crippen molar-refractivity contribution in [3.63, 3.8) is 0 Å². The van der Waals surface area contributed by atoms with Crippen molar-refractivity contribution >= 4 is 36.9 Å². The van der Waals surface area contributed by atoms with Crippen LogP contribution in [0.25, 0.3) is 0 Å². The number of hydrogen-bond donors (Lipinski definition) is 3. The number of para-hydroxylation sites is 2. The number of carbonyl (C=O) groups is 1. The van der Waals surface area contributed by atoms with E-state index in [1.165, 1.54) is 0 Å². The van der Waals surface area contributed by atoms with Gasteiger partial charge in [-0.2, -0.15) is 0 Å².